The number of ether oxygens (including phenoxy) is 1. The third-order valence-corrected chi connectivity index (χ3v) is 6.95. The third kappa shape index (κ3) is 3.41. The van der Waals surface area contributed by atoms with Crippen LogP contribution in [-0.4, -0.2) is 28.4 Å². The smallest absolute Gasteiger partial charge is 0.316 e. The maximum atomic E-state index is 13.5. The molecule has 1 aliphatic carbocycles. The molecule has 0 aliphatic heterocycles. The van der Waals surface area contributed by atoms with E-state index in [-0.39, 0.29) is 17.3 Å². The van der Waals surface area contributed by atoms with Gasteiger partial charge in [0.1, 0.15) is 4.83 Å². The Morgan fingerprint density at radius 3 is 2.89 bits per heavy atom. The van der Waals surface area contributed by atoms with Gasteiger partial charge in [0.25, 0.3) is 5.56 Å². The van der Waals surface area contributed by atoms with Gasteiger partial charge >= 0.3 is 5.97 Å². The van der Waals surface area contributed by atoms with Gasteiger partial charge in [-0.3, -0.25) is 14.2 Å². The minimum absolute atomic E-state index is 0.0508. The molecule has 3 aromatic rings. The number of carbonyl (C=O) groups excluding carboxylic acids is 1. The topological polar surface area (TPSA) is 61.2 Å². The first-order valence-corrected chi connectivity index (χ1v) is 10.7. The lowest BCUT2D eigenvalue weighted by Gasteiger charge is -2.18. The number of rotatable bonds is 4. The number of esters is 1. The van der Waals surface area contributed by atoms with Gasteiger partial charge in [-0.05, 0) is 42.9 Å². The van der Waals surface area contributed by atoms with Crippen molar-refractivity contribution in [2.45, 2.75) is 31.3 Å². The van der Waals surface area contributed by atoms with Gasteiger partial charge in [0, 0.05) is 4.88 Å². The van der Waals surface area contributed by atoms with E-state index in [1.54, 1.807) is 15.9 Å². The van der Waals surface area contributed by atoms with Crippen molar-refractivity contribution in [3.8, 4) is 5.69 Å². The van der Waals surface area contributed by atoms with Crippen molar-refractivity contribution >= 4 is 39.3 Å². The molecule has 0 unspecified atom stereocenters. The molecule has 27 heavy (non-hydrogen) atoms. The number of aryl methyl sites for hydroxylation is 1. The summed E-state index contributed by atoms with van der Waals surface area (Å²) in [6, 6.07) is 9.48. The second-order valence-corrected chi connectivity index (χ2v) is 8.79. The number of carbonyl (C=O) groups is 1. The zero-order valence-electron chi connectivity index (χ0n) is 15.2. The lowest BCUT2D eigenvalue weighted by molar-refractivity contribution is -0.137. The molecule has 140 valence electrons. The Hall–Kier alpha value is -2.12. The summed E-state index contributed by atoms with van der Waals surface area (Å²) in [5.74, 6) is 0.352. The van der Waals surface area contributed by atoms with Crippen LogP contribution in [0.5, 0.6) is 0 Å². The summed E-state index contributed by atoms with van der Waals surface area (Å²) in [7, 11) is 1.36. The van der Waals surface area contributed by atoms with Crippen molar-refractivity contribution in [3.05, 3.63) is 51.1 Å². The highest BCUT2D eigenvalue weighted by atomic mass is 32.2. The van der Waals surface area contributed by atoms with Crippen LogP contribution in [0.2, 0.25) is 0 Å². The van der Waals surface area contributed by atoms with Crippen molar-refractivity contribution in [1.82, 2.24) is 9.55 Å². The Labute approximate surface area is 165 Å². The van der Waals surface area contributed by atoms with E-state index < -0.39 is 0 Å². The number of aromatic nitrogens is 2. The van der Waals surface area contributed by atoms with E-state index in [1.165, 1.54) is 29.3 Å². The monoisotopic (exact) mass is 400 g/mol. The van der Waals surface area contributed by atoms with E-state index >= 15 is 0 Å². The average Bonchev–Trinajstić information content (AvgIpc) is 3.04. The molecule has 1 aliphatic rings. The lowest BCUT2D eigenvalue weighted by Crippen LogP contribution is -2.23. The van der Waals surface area contributed by atoms with Crippen LogP contribution in [0, 0.1) is 5.92 Å². The molecular weight excluding hydrogens is 380 g/mol. The predicted octanol–water partition coefficient (Wildman–Crippen LogP) is 3.84. The summed E-state index contributed by atoms with van der Waals surface area (Å²) in [4.78, 5) is 32.0. The quantitative estimate of drug-likeness (QED) is 0.378. The van der Waals surface area contributed by atoms with Crippen LogP contribution in [0.25, 0.3) is 15.9 Å². The van der Waals surface area contributed by atoms with E-state index in [0.717, 1.165) is 35.2 Å². The first kappa shape index (κ1) is 18.3. The molecule has 1 aromatic carbocycles. The maximum Gasteiger partial charge on any atom is 0.316 e. The highest BCUT2D eigenvalue weighted by molar-refractivity contribution is 7.99. The summed E-state index contributed by atoms with van der Waals surface area (Å²) in [6.45, 7) is 2.23. The molecule has 0 spiro atoms. The molecule has 7 heteroatoms. The molecule has 0 amide bonds. The minimum atomic E-state index is -0.340. The lowest BCUT2D eigenvalue weighted by atomic mass is 9.89. The molecule has 2 aromatic heterocycles. The molecule has 4 rings (SSSR count). The number of nitrogens with zero attached hydrogens (tertiary/aromatic N) is 2. The summed E-state index contributed by atoms with van der Waals surface area (Å²) >= 11 is 2.85. The van der Waals surface area contributed by atoms with Gasteiger partial charge in [-0.1, -0.05) is 36.9 Å². The van der Waals surface area contributed by atoms with Crippen LogP contribution >= 0.6 is 23.1 Å². The van der Waals surface area contributed by atoms with E-state index in [9.17, 15) is 9.59 Å². The van der Waals surface area contributed by atoms with E-state index in [1.807, 2.05) is 30.3 Å². The van der Waals surface area contributed by atoms with Crippen LogP contribution in [0.1, 0.15) is 23.8 Å². The summed E-state index contributed by atoms with van der Waals surface area (Å²) < 4.78 is 6.37. The summed E-state index contributed by atoms with van der Waals surface area (Å²) in [6.07, 6.45) is 3.08. The Bertz CT molecular complexity index is 1060. The van der Waals surface area contributed by atoms with Crippen LogP contribution < -0.4 is 5.56 Å². The molecule has 5 nitrogen and oxygen atoms in total. The third-order valence-electron chi connectivity index (χ3n) is 4.86. The van der Waals surface area contributed by atoms with Gasteiger partial charge in [-0.15, -0.1) is 11.3 Å². The molecule has 0 bridgehead atoms. The zero-order valence-corrected chi connectivity index (χ0v) is 16.9. The predicted molar refractivity (Wildman–Crippen MR) is 109 cm³/mol. The molecular formula is C20H20N2O3S2. The van der Waals surface area contributed by atoms with Gasteiger partial charge in [0.2, 0.25) is 0 Å². The summed E-state index contributed by atoms with van der Waals surface area (Å²) in [5.41, 5.74) is 1.87. The number of para-hydroxylation sites is 1. The second-order valence-electron chi connectivity index (χ2n) is 6.77. The number of thioether (sulfide) groups is 1. The van der Waals surface area contributed by atoms with Gasteiger partial charge in [-0.25, -0.2) is 4.98 Å². The van der Waals surface area contributed by atoms with Gasteiger partial charge in [0.05, 0.1) is 23.9 Å². The highest BCUT2D eigenvalue weighted by Gasteiger charge is 2.25. The SMILES string of the molecule is COC(=O)CSc1nc2sc3c(c2c(=O)n1-c1ccccc1)C[C@@H](C)CC3. The van der Waals surface area contributed by atoms with E-state index in [0.29, 0.717) is 11.1 Å². The Balaban J connectivity index is 1.93. The maximum absolute atomic E-state index is 13.5. The molecule has 2 heterocycles. The molecule has 0 saturated heterocycles. The van der Waals surface area contributed by atoms with Crippen molar-refractivity contribution in [2.75, 3.05) is 12.9 Å². The average molecular weight is 401 g/mol. The first-order chi connectivity index (χ1) is 13.1. The van der Waals surface area contributed by atoms with Gasteiger partial charge < -0.3 is 4.74 Å². The normalized spacial score (nSPS) is 16.3. The van der Waals surface area contributed by atoms with Crippen LogP contribution in [0.15, 0.2) is 40.3 Å². The van der Waals surface area contributed by atoms with Crippen LogP contribution in [-0.2, 0) is 22.4 Å². The fourth-order valence-electron chi connectivity index (χ4n) is 3.46. The van der Waals surface area contributed by atoms with Crippen molar-refractivity contribution in [1.29, 1.82) is 0 Å². The first-order valence-electron chi connectivity index (χ1n) is 8.90. The van der Waals surface area contributed by atoms with Gasteiger partial charge in [-0.2, -0.15) is 0 Å². The number of fused-ring (bicyclic) bond motifs is 3. The molecule has 0 radical (unpaired) electrons. The number of thiophene rings is 1. The van der Waals surface area contributed by atoms with Crippen molar-refractivity contribution < 1.29 is 9.53 Å². The molecule has 0 fully saturated rings. The fraction of sp³-hybridized carbons (Fsp3) is 0.350. The van der Waals surface area contributed by atoms with E-state index in [4.69, 9.17) is 9.72 Å². The fourth-order valence-corrected chi connectivity index (χ4v) is 5.56. The molecule has 0 N–H and O–H groups in total. The van der Waals surface area contributed by atoms with Crippen LogP contribution in [0.4, 0.5) is 0 Å². The highest BCUT2D eigenvalue weighted by Crippen LogP contribution is 2.36. The standard InChI is InChI=1S/C20H20N2O3S2/c1-12-8-9-15-14(10-12)17-18(27-15)21-20(26-11-16(23)25-2)22(19(17)24)13-6-4-3-5-7-13/h3-7,12H,8-11H2,1-2H3/t12-/m0/s1. The van der Waals surface area contributed by atoms with Crippen LogP contribution in [0.3, 0.4) is 0 Å². The minimum Gasteiger partial charge on any atom is -0.468 e. The number of benzene rings is 1. The Kier molecular flexibility index (Phi) is 5.06. The second kappa shape index (κ2) is 7.48. The molecule has 1 atom stereocenters. The van der Waals surface area contributed by atoms with Crippen molar-refractivity contribution in [3.63, 3.8) is 0 Å². The Morgan fingerprint density at radius 2 is 2.15 bits per heavy atom. The number of hydrogen-bond acceptors (Lipinski definition) is 6. The van der Waals surface area contributed by atoms with E-state index in [2.05, 4.69) is 6.92 Å². The van der Waals surface area contributed by atoms with Crippen molar-refractivity contribution in [2.24, 2.45) is 5.92 Å². The number of hydrogen-bond donors (Lipinski definition) is 0. The summed E-state index contributed by atoms with van der Waals surface area (Å²) in [5, 5.41) is 1.27. The zero-order chi connectivity index (χ0) is 19.0. The number of methoxy groups -OCH3 is 1. The van der Waals surface area contributed by atoms with Gasteiger partial charge in [0.15, 0.2) is 5.16 Å². The molecule has 0 saturated carbocycles. The Morgan fingerprint density at radius 1 is 1.37 bits per heavy atom. The largest absolute Gasteiger partial charge is 0.468 e.